The van der Waals surface area contributed by atoms with Crippen molar-refractivity contribution in [2.75, 3.05) is 45.9 Å². The second-order valence-corrected chi connectivity index (χ2v) is 10.1. The van der Waals surface area contributed by atoms with Crippen molar-refractivity contribution in [3.05, 3.63) is 59.4 Å². The molecule has 2 aromatic heterocycles. The van der Waals surface area contributed by atoms with Gasteiger partial charge < -0.3 is 9.30 Å². The highest BCUT2D eigenvalue weighted by molar-refractivity contribution is 5.94. The first-order valence-electron chi connectivity index (χ1n) is 12.8. The SMILES string of the molecule is Cc1cc2c(cc(CCN3CCOCC3)n2C)c(-c2ccc(C3=CCN(C(C)C)CC3)cc2)n1. The van der Waals surface area contributed by atoms with Crippen LogP contribution in [0.25, 0.3) is 27.7 Å². The number of ether oxygens (including phenoxy) is 1. The number of hydrogen-bond donors (Lipinski definition) is 0. The van der Waals surface area contributed by atoms with Crippen LogP contribution in [0.1, 0.15) is 37.2 Å². The molecule has 0 radical (unpaired) electrons. The lowest BCUT2D eigenvalue weighted by atomic mass is 9.96. The van der Waals surface area contributed by atoms with Crippen LogP contribution in [0.3, 0.4) is 0 Å². The smallest absolute Gasteiger partial charge is 0.0799 e. The Kier molecular flexibility index (Phi) is 6.87. The van der Waals surface area contributed by atoms with E-state index in [4.69, 9.17) is 9.72 Å². The highest BCUT2D eigenvalue weighted by Crippen LogP contribution is 2.32. The molecule has 5 nitrogen and oxygen atoms in total. The van der Waals surface area contributed by atoms with Crippen LogP contribution in [0.4, 0.5) is 0 Å². The number of morpholine rings is 1. The lowest BCUT2D eigenvalue weighted by Crippen LogP contribution is -2.37. The summed E-state index contributed by atoms with van der Waals surface area (Å²) in [5.41, 5.74) is 8.81. The Morgan fingerprint density at radius 2 is 1.74 bits per heavy atom. The van der Waals surface area contributed by atoms with Gasteiger partial charge in [0.2, 0.25) is 0 Å². The molecular formula is C29H38N4O. The fourth-order valence-electron chi connectivity index (χ4n) is 5.32. The van der Waals surface area contributed by atoms with Crippen molar-refractivity contribution >= 4 is 16.5 Å². The highest BCUT2D eigenvalue weighted by atomic mass is 16.5. The lowest BCUT2D eigenvalue weighted by Gasteiger charge is -2.29. The first-order valence-corrected chi connectivity index (χ1v) is 12.8. The van der Waals surface area contributed by atoms with Gasteiger partial charge >= 0.3 is 0 Å². The Bertz CT molecular complexity index is 1170. The summed E-state index contributed by atoms with van der Waals surface area (Å²) >= 11 is 0. The number of benzene rings is 1. The standard InChI is InChI=1S/C29H38N4O/c1-21(2)33-13-9-24(10-14-33)23-5-7-25(8-6-23)29-27-20-26(11-12-32-15-17-34-18-16-32)31(4)28(27)19-22(3)30-29/h5-9,19-21H,10-18H2,1-4H3. The minimum atomic E-state index is 0.611. The van der Waals surface area contributed by atoms with E-state index < -0.39 is 0 Å². The number of aryl methyl sites for hydroxylation is 2. The van der Waals surface area contributed by atoms with Gasteiger partial charge in [-0.3, -0.25) is 14.8 Å². The highest BCUT2D eigenvalue weighted by Gasteiger charge is 2.17. The number of fused-ring (bicyclic) bond motifs is 1. The summed E-state index contributed by atoms with van der Waals surface area (Å²) in [6.07, 6.45) is 4.57. The molecule has 5 rings (SSSR count). The first kappa shape index (κ1) is 23.3. The summed E-state index contributed by atoms with van der Waals surface area (Å²) < 4.78 is 7.86. The topological polar surface area (TPSA) is 33.5 Å². The van der Waals surface area contributed by atoms with Gasteiger partial charge in [-0.1, -0.05) is 30.3 Å². The third kappa shape index (κ3) is 4.83. The zero-order chi connectivity index (χ0) is 23.7. The number of nitrogens with zero attached hydrogens (tertiary/aromatic N) is 4. The molecule has 0 bridgehead atoms. The van der Waals surface area contributed by atoms with Crippen molar-refractivity contribution in [1.29, 1.82) is 0 Å². The van der Waals surface area contributed by atoms with Crippen molar-refractivity contribution < 1.29 is 4.74 Å². The van der Waals surface area contributed by atoms with Crippen LogP contribution >= 0.6 is 0 Å². The van der Waals surface area contributed by atoms with Gasteiger partial charge in [-0.15, -0.1) is 0 Å². The molecule has 3 aromatic rings. The van der Waals surface area contributed by atoms with Gasteiger partial charge in [-0.2, -0.15) is 0 Å². The van der Waals surface area contributed by atoms with Crippen LogP contribution in [0, 0.1) is 6.92 Å². The molecule has 34 heavy (non-hydrogen) atoms. The summed E-state index contributed by atoms with van der Waals surface area (Å²) in [4.78, 5) is 10.0. The van der Waals surface area contributed by atoms with E-state index >= 15 is 0 Å². The van der Waals surface area contributed by atoms with Crippen molar-refractivity contribution in [3.63, 3.8) is 0 Å². The van der Waals surface area contributed by atoms with Crippen molar-refractivity contribution in [1.82, 2.24) is 19.4 Å². The van der Waals surface area contributed by atoms with E-state index in [-0.39, 0.29) is 0 Å². The van der Waals surface area contributed by atoms with E-state index in [1.165, 1.54) is 33.3 Å². The molecule has 5 heteroatoms. The first-order chi connectivity index (χ1) is 16.5. The minimum absolute atomic E-state index is 0.611. The van der Waals surface area contributed by atoms with E-state index in [9.17, 15) is 0 Å². The molecule has 0 atom stereocenters. The molecule has 0 unspecified atom stereocenters. The number of hydrogen-bond acceptors (Lipinski definition) is 4. The minimum Gasteiger partial charge on any atom is -0.379 e. The summed E-state index contributed by atoms with van der Waals surface area (Å²) in [6.45, 7) is 13.7. The molecule has 180 valence electrons. The quantitative estimate of drug-likeness (QED) is 0.525. The average molecular weight is 459 g/mol. The third-order valence-electron chi connectivity index (χ3n) is 7.56. The Hall–Kier alpha value is -2.47. The van der Waals surface area contributed by atoms with E-state index in [1.54, 1.807) is 0 Å². The predicted octanol–water partition coefficient (Wildman–Crippen LogP) is 4.92. The monoisotopic (exact) mass is 458 g/mol. The molecule has 4 heterocycles. The molecule has 2 aliphatic heterocycles. The molecule has 0 N–H and O–H groups in total. The summed E-state index contributed by atoms with van der Waals surface area (Å²) in [6, 6.07) is 14.3. The second kappa shape index (κ2) is 10.0. The van der Waals surface area contributed by atoms with Crippen LogP contribution < -0.4 is 0 Å². The molecule has 0 aliphatic carbocycles. The maximum atomic E-state index is 5.50. The Labute approximate surface area is 204 Å². The molecule has 1 saturated heterocycles. The Balaban J connectivity index is 1.39. The number of rotatable bonds is 6. The zero-order valence-electron chi connectivity index (χ0n) is 21.2. The van der Waals surface area contributed by atoms with Crippen LogP contribution in [0.2, 0.25) is 0 Å². The van der Waals surface area contributed by atoms with Gasteiger partial charge in [0.05, 0.1) is 24.4 Å². The Morgan fingerprint density at radius 3 is 2.41 bits per heavy atom. The molecule has 1 aromatic carbocycles. The third-order valence-corrected chi connectivity index (χ3v) is 7.56. The summed E-state index contributed by atoms with van der Waals surface area (Å²) in [5, 5.41) is 1.25. The van der Waals surface area contributed by atoms with Crippen LogP contribution in [-0.4, -0.2) is 71.3 Å². The maximum absolute atomic E-state index is 5.50. The van der Waals surface area contributed by atoms with E-state index in [0.29, 0.717) is 6.04 Å². The fourth-order valence-corrected chi connectivity index (χ4v) is 5.32. The summed E-state index contributed by atoms with van der Waals surface area (Å²) in [5.74, 6) is 0. The fraction of sp³-hybridized carbons (Fsp3) is 0.483. The van der Waals surface area contributed by atoms with E-state index in [0.717, 1.165) is 70.2 Å². The Morgan fingerprint density at radius 1 is 1.00 bits per heavy atom. The number of aromatic nitrogens is 2. The molecule has 0 amide bonds. The van der Waals surface area contributed by atoms with E-state index in [1.807, 2.05) is 0 Å². The average Bonchev–Trinajstić information content (AvgIpc) is 3.18. The zero-order valence-corrected chi connectivity index (χ0v) is 21.2. The molecule has 0 spiro atoms. The molecule has 2 aliphatic rings. The molecule has 1 fully saturated rings. The van der Waals surface area contributed by atoms with Crippen molar-refractivity contribution in [2.24, 2.45) is 7.05 Å². The second-order valence-electron chi connectivity index (χ2n) is 10.1. The van der Waals surface area contributed by atoms with Crippen LogP contribution in [0.5, 0.6) is 0 Å². The van der Waals surface area contributed by atoms with Gasteiger partial charge in [0.1, 0.15) is 0 Å². The molecule has 0 saturated carbocycles. The maximum Gasteiger partial charge on any atom is 0.0799 e. The van der Waals surface area contributed by atoms with Gasteiger partial charge in [-0.05, 0) is 50.5 Å². The van der Waals surface area contributed by atoms with Gasteiger partial charge in [0.15, 0.2) is 0 Å². The predicted molar refractivity (Wildman–Crippen MR) is 141 cm³/mol. The molecular weight excluding hydrogens is 420 g/mol. The van der Waals surface area contributed by atoms with Gasteiger partial charge in [0, 0.05) is 74.6 Å². The number of pyridine rings is 1. The van der Waals surface area contributed by atoms with Crippen LogP contribution in [-0.2, 0) is 18.2 Å². The van der Waals surface area contributed by atoms with Crippen molar-refractivity contribution in [3.8, 4) is 11.3 Å². The van der Waals surface area contributed by atoms with Crippen molar-refractivity contribution in [2.45, 2.75) is 39.7 Å². The van der Waals surface area contributed by atoms with Gasteiger partial charge in [0.25, 0.3) is 0 Å². The normalized spacial score (nSPS) is 18.1. The summed E-state index contributed by atoms with van der Waals surface area (Å²) in [7, 11) is 2.19. The van der Waals surface area contributed by atoms with E-state index in [2.05, 4.69) is 84.7 Å². The lowest BCUT2D eigenvalue weighted by molar-refractivity contribution is 0.0383. The largest absolute Gasteiger partial charge is 0.379 e. The van der Waals surface area contributed by atoms with Crippen LogP contribution in [0.15, 0.2) is 42.5 Å². The van der Waals surface area contributed by atoms with Gasteiger partial charge in [-0.25, -0.2) is 0 Å².